The number of halogens is 3. The molecule has 0 atom stereocenters. The van der Waals surface area contributed by atoms with Gasteiger partial charge in [0.05, 0.1) is 17.4 Å². The molecule has 3 heterocycles. The summed E-state index contributed by atoms with van der Waals surface area (Å²) in [5.41, 5.74) is 4.62. The Morgan fingerprint density at radius 1 is 1.17 bits per heavy atom. The van der Waals surface area contributed by atoms with Crippen molar-refractivity contribution in [1.82, 2.24) is 14.5 Å². The van der Waals surface area contributed by atoms with Gasteiger partial charge >= 0.3 is 0 Å². The molecule has 1 aliphatic heterocycles. The Kier molecular flexibility index (Phi) is 5.30. The van der Waals surface area contributed by atoms with Gasteiger partial charge in [-0.25, -0.2) is 4.39 Å². The molecule has 0 aliphatic carbocycles. The van der Waals surface area contributed by atoms with Crippen molar-refractivity contribution in [3.8, 4) is 5.69 Å². The van der Waals surface area contributed by atoms with Gasteiger partial charge < -0.3 is 9.47 Å². The predicted molar refractivity (Wildman–Crippen MR) is 95.6 cm³/mol. The van der Waals surface area contributed by atoms with E-state index in [0.29, 0.717) is 0 Å². The summed E-state index contributed by atoms with van der Waals surface area (Å²) in [7, 11) is 2.11. The van der Waals surface area contributed by atoms with Crippen LogP contribution >= 0.6 is 24.8 Å². The number of pyridine rings is 1. The number of likely N-dealkylation sites (N-methyl/N-ethyl adjacent to an activating group) is 1. The van der Waals surface area contributed by atoms with Gasteiger partial charge in [-0.15, -0.1) is 24.8 Å². The standard InChI is InChI=1S/C17H16FN3.2ClH/c1-20-8-6-17-15(11-20)14-9-12(18)4-5-16(14)21(17)13-3-2-7-19-10-13;;/h2-5,7,9-10H,6,8,11H2,1H3;2*1H. The van der Waals surface area contributed by atoms with Crippen molar-refractivity contribution in [2.24, 2.45) is 0 Å². The van der Waals surface area contributed by atoms with Crippen molar-refractivity contribution < 1.29 is 4.39 Å². The molecule has 1 aromatic carbocycles. The van der Waals surface area contributed by atoms with E-state index < -0.39 is 0 Å². The first-order valence-corrected chi connectivity index (χ1v) is 7.15. The minimum Gasteiger partial charge on any atom is -0.312 e. The zero-order valence-electron chi connectivity index (χ0n) is 12.7. The van der Waals surface area contributed by atoms with E-state index in [1.54, 1.807) is 12.3 Å². The number of fused-ring (bicyclic) bond motifs is 3. The molecular formula is C17H18Cl2FN3. The molecule has 0 radical (unpaired) electrons. The number of nitrogens with zero attached hydrogens (tertiary/aromatic N) is 3. The molecular weight excluding hydrogens is 336 g/mol. The number of aromatic nitrogens is 2. The van der Waals surface area contributed by atoms with E-state index in [4.69, 9.17) is 0 Å². The van der Waals surface area contributed by atoms with Gasteiger partial charge in [-0.05, 0) is 42.9 Å². The molecule has 0 fully saturated rings. The summed E-state index contributed by atoms with van der Waals surface area (Å²) >= 11 is 0. The molecule has 1 aliphatic rings. The molecule has 0 saturated carbocycles. The number of benzene rings is 1. The Bertz CT molecular complexity index is 818. The van der Waals surface area contributed by atoms with Crippen LogP contribution in [0, 0.1) is 5.82 Å². The highest BCUT2D eigenvalue weighted by atomic mass is 35.5. The Balaban J connectivity index is 0.000000960. The average molecular weight is 354 g/mol. The highest BCUT2D eigenvalue weighted by Gasteiger charge is 2.23. The van der Waals surface area contributed by atoms with Gasteiger partial charge in [0.2, 0.25) is 0 Å². The van der Waals surface area contributed by atoms with Crippen LogP contribution in [0.2, 0.25) is 0 Å². The van der Waals surface area contributed by atoms with Crippen LogP contribution in [0.25, 0.3) is 16.6 Å². The Morgan fingerprint density at radius 2 is 2.00 bits per heavy atom. The number of hydrogen-bond acceptors (Lipinski definition) is 2. The molecule has 2 aromatic heterocycles. The second kappa shape index (κ2) is 6.87. The third-order valence-electron chi connectivity index (χ3n) is 4.21. The van der Waals surface area contributed by atoms with Crippen molar-refractivity contribution >= 4 is 35.7 Å². The van der Waals surface area contributed by atoms with Crippen molar-refractivity contribution in [3.05, 3.63) is 59.8 Å². The van der Waals surface area contributed by atoms with Crippen LogP contribution in [0.4, 0.5) is 4.39 Å². The van der Waals surface area contributed by atoms with Gasteiger partial charge in [0.1, 0.15) is 5.82 Å². The van der Waals surface area contributed by atoms with Crippen molar-refractivity contribution in [2.75, 3.05) is 13.6 Å². The lowest BCUT2D eigenvalue weighted by atomic mass is 10.0. The number of hydrogen-bond donors (Lipinski definition) is 0. The fraction of sp³-hybridized carbons (Fsp3) is 0.235. The summed E-state index contributed by atoms with van der Waals surface area (Å²) in [4.78, 5) is 6.50. The maximum atomic E-state index is 13.7. The van der Waals surface area contributed by atoms with Crippen LogP contribution in [0.3, 0.4) is 0 Å². The van der Waals surface area contributed by atoms with Crippen LogP contribution in [0.15, 0.2) is 42.7 Å². The summed E-state index contributed by atoms with van der Waals surface area (Å²) in [6.45, 7) is 1.88. The maximum absolute atomic E-state index is 13.7. The maximum Gasteiger partial charge on any atom is 0.123 e. The molecule has 0 unspecified atom stereocenters. The topological polar surface area (TPSA) is 21.1 Å². The molecule has 3 aromatic rings. The largest absolute Gasteiger partial charge is 0.312 e. The second-order valence-corrected chi connectivity index (χ2v) is 5.62. The van der Waals surface area contributed by atoms with Gasteiger partial charge in [-0.2, -0.15) is 0 Å². The van der Waals surface area contributed by atoms with Gasteiger partial charge in [-0.3, -0.25) is 4.98 Å². The summed E-state index contributed by atoms with van der Waals surface area (Å²) in [6.07, 6.45) is 4.60. The van der Waals surface area contributed by atoms with Crippen LogP contribution in [-0.4, -0.2) is 28.0 Å². The Morgan fingerprint density at radius 3 is 2.74 bits per heavy atom. The zero-order valence-corrected chi connectivity index (χ0v) is 14.3. The lowest BCUT2D eigenvalue weighted by molar-refractivity contribution is 0.311. The molecule has 122 valence electrons. The average Bonchev–Trinajstić information content (AvgIpc) is 2.81. The quantitative estimate of drug-likeness (QED) is 0.659. The smallest absolute Gasteiger partial charge is 0.123 e. The monoisotopic (exact) mass is 353 g/mol. The first-order valence-electron chi connectivity index (χ1n) is 7.15. The number of rotatable bonds is 1. The minimum atomic E-state index is -0.179. The van der Waals surface area contributed by atoms with E-state index in [2.05, 4.69) is 21.5 Å². The minimum absolute atomic E-state index is 0. The Labute approximate surface area is 146 Å². The van der Waals surface area contributed by atoms with E-state index in [1.807, 2.05) is 24.4 Å². The summed E-state index contributed by atoms with van der Waals surface area (Å²) in [5, 5.41) is 1.01. The van der Waals surface area contributed by atoms with Crippen LogP contribution < -0.4 is 0 Å². The van der Waals surface area contributed by atoms with Crippen LogP contribution in [0.5, 0.6) is 0 Å². The molecule has 3 nitrogen and oxygen atoms in total. The third-order valence-corrected chi connectivity index (χ3v) is 4.21. The van der Waals surface area contributed by atoms with Gasteiger partial charge in [0.15, 0.2) is 0 Å². The van der Waals surface area contributed by atoms with E-state index in [-0.39, 0.29) is 30.6 Å². The highest BCUT2D eigenvalue weighted by molar-refractivity contribution is 5.87. The summed E-state index contributed by atoms with van der Waals surface area (Å²) in [5.74, 6) is -0.179. The second-order valence-electron chi connectivity index (χ2n) is 5.62. The summed E-state index contributed by atoms with van der Waals surface area (Å²) < 4.78 is 15.9. The Hall–Kier alpha value is -1.62. The SMILES string of the molecule is CN1CCc2c(c3cc(F)ccc3n2-c2cccnc2)C1.Cl.Cl. The fourth-order valence-corrected chi connectivity index (χ4v) is 3.25. The van der Waals surface area contributed by atoms with Gasteiger partial charge in [0, 0.05) is 36.8 Å². The lowest BCUT2D eigenvalue weighted by Gasteiger charge is -2.24. The van der Waals surface area contributed by atoms with Crippen molar-refractivity contribution in [1.29, 1.82) is 0 Å². The molecule has 0 amide bonds. The molecule has 4 rings (SSSR count). The molecule has 0 spiro atoms. The zero-order chi connectivity index (χ0) is 14.4. The fourth-order valence-electron chi connectivity index (χ4n) is 3.25. The molecule has 0 saturated heterocycles. The highest BCUT2D eigenvalue weighted by Crippen LogP contribution is 2.33. The normalized spacial score (nSPS) is 14.0. The van der Waals surface area contributed by atoms with Crippen LogP contribution in [-0.2, 0) is 13.0 Å². The van der Waals surface area contributed by atoms with Gasteiger partial charge in [0.25, 0.3) is 0 Å². The third kappa shape index (κ3) is 2.94. The van der Waals surface area contributed by atoms with E-state index in [9.17, 15) is 4.39 Å². The van der Waals surface area contributed by atoms with Gasteiger partial charge in [-0.1, -0.05) is 0 Å². The molecule has 23 heavy (non-hydrogen) atoms. The van der Waals surface area contributed by atoms with E-state index >= 15 is 0 Å². The first kappa shape index (κ1) is 17.7. The van der Waals surface area contributed by atoms with Crippen LogP contribution in [0.1, 0.15) is 11.3 Å². The van der Waals surface area contributed by atoms with E-state index in [0.717, 1.165) is 36.1 Å². The van der Waals surface area contributed by atoms with Crippen molar-refractivity contribution in [2.45, 2.75) is 13.0 Å². The first-order chi connectivity index (χ1) is 10.2. The summed E-state index contributed by atoms with van der Waals surface area (Å²) in [6, 6.07) is 9.04. The molecule has 6 heteroatoms. The van der Waals surface area contributed by atoms with E-state index in [1.165, 1.54) is 17.3 Å². The molecule has 0 N–H and O–H groups in total. The molecule has 0 bridgehead atoms. The van der Waals surface area contributed by atoms with Crippen molar-refractivity contribution in [3.63, 3.8) is 0 Å². The lowest BCUT2D eigenvalue weighted by Crippen LogP contribution is -2.27. The predicted octanol–water partition coefficient (Wildman–Crippen LogP) is 4.00.